The maximum Gasteiger partial charge on any atom is 0.264 e. The topological polar surface area (TPSA) is 36.1 Å². The molecule has 3 aromatic rings. The number of amides is 1. The Morgan fingerprint density at radius 3 is 1.86 bits per heavy atom. The van der Waals surface area contributed by atoms with E-state index in [4.69, 9.17) is 0 Å². The second kappa shape index (κ2) is 5.67. The van der Waals surface area contributed by atoms with Gasteiger partial charge in [-0.15, -0.1) is 0 Å². The zero-order valence-electron chi connectivity index (χ0n) is 11.8. The molecule has 0 unspecified atom stereocenters. The molecule has 0 saturated carbocycles. The van der Waals surface area contributed by atoms with Crippen LogP contribution in [0, 0.1) is 6.92 Å². The summed E-state index contributed by atoms with van der Waals surface area (Å²) in [6, 6.07) is 21.2. The van der Waals surface area contributed by atoms with Crippen LogP contribution in [0.15, 0.2) is 72.9 Å². The number of nitrogens with zero attached hydrogens (tertiary/aromatic N) is 1. The fourth-order valence-electron chi connectivity index (χ4n) is 2.30. The van der Waals surface area contributed by atoms with Crippen LogP contribution in [0.1, 0.15) is 16.1 Å². The van der Waals surface area contributed by atoms with Gasteiger partial charge in [0.25, 0.3) is 5.91 Å². The van der Waals surface area contributed by atoms with Crippen LogP contribution in [-0.2, 0) is 0 Å². The number of aryl methyl sites for hydroxylation is 1. The summed E-state index contributed by atoms with van der Waals surface area (Å²) in [6.45, 7) is 1.94. The highest BCUT2D eigenvalue weighted by Crippen LogP contribution is 2.27. The average molecular weight is 276 g/mol. The number of carbonyl (C=O) groups is 1. The van der Waals surface area contributed by atoms with E-state index in [0.717, 1.165) is 17.1 Å². The van der Waals surface area contributed by atoms with Gasteiger partial charge in [0.1, 0.15) is 0 Å². The molecule has 0 aliphatic carbocycles. The zero-order chi connectivity index (χ0) is 14.7. The van der Waals surface area contributed by atoms with E-state index in [1.165, 1.54) is 0 Å². The lowest BCUT2D eigenvalue weighted by molar-refractivity contribution is 0.0999. The highest BCUT2D eigenvalue weighted by molar-refractivity contribution is 6.10. The van der Waals surface area contributed by atoms with Gasteiger partial charge in [-0.2, -0.15) is 0 Å². The zero-order valence-corrected chi connectivity index (χ0v) is 11.8. The molecule has 1 amide bonds. The first-order valence-electron chi connectivity index (χ1n) is 6.85. The van der Waals surface area contributed by atoms with Crippen molar-refractivity contribution in [3.8, 4) is 0 Å². The van der Waals surface area contributed by atoms with Gasteiger partial charge in [-0.3, -0.25) is 9.69 Å². The molecule has 0 saturated heterocycles. The van der Waals surface area contributed by atoms with Gasteiger partial charge in [0.05, 0.1) is 5.56 Å². The second-order valence-corrected chi connectivity index (χ2v) is 4.88. The molecular weight excluding hydrogens is 260 g/mol. The van der Waals surface area contributed by atoms with E-state index in [1.807, 2.05) is 73.7 Å². The van der Waals surface area contributed by atoms with Gasteiger partial charge in [0.2, 0.25) is 0 Å². The molecule has 3 nitrogen and oxygen atoms in total. The third-order valence-corrected chi connectivity index (χ3v) is 3.31. The average Bonchev–Trinajstić information content (AvgIpc) is 2.96. The Hall–Kier alpha value is -2.81. The summed E-state index contributed by atoms with van der Waals surface area (Å²) in [5.41, 5.74) is 3.33. The molecule has 0 bridgehead atoms. The maximum atomic E-state index is 12.9. The fourth-order valence-corrected chi connectivity index (χ4v) is 2.30. The normalized spacial score (nSPS) is 10.3. The molecule has 0 radical (unpaired) electrons. The Kier molecular flexibility index (Phi) is 3.56. The van der Waals surface area contributed by atoms with Gasteiger partial charge in [-0.25, -0.2) is 0 Å². The summed E-state index contributed by atoms with van der Waals surface area (Å²) in [7, 11) is 0. The summed E-state index contributed by atoms with van der Waals surface area (Å²) in [5.74, 6) is -0.0447. The van der Waals surface area contributed by atoms with Gasteiger partial charge >= 0.3 is 0 Å². The number of aromatic amines is 1. The smallest absolute Gasteiger partial charge is 0.264 e. The number of hydrogen-bond acceptors (Lipinski definition) is 1. The molecule has 3 heteroatoms. The number of rotatable bonds is 3. The van der Waals surface area contributed by atoms with Gasteiger partial charge in [-0.05, 0) is 37.3 Å². The summed E-state index contributed by atoms with van der Waals surface area (Å²) in [5, 5.41) is 0. The second-order valence-electron chi connectivity index (χ2n) is 4.88. The van der Waals surface area contributed by atoms with Crippen molar-refractivity contribution < 1.29 is 4.79 Å². The lowest BCUT2D eigenvalue weighted by Gasteiger charge is -2.22. The molecule has 0 aliphatic heterocycles. The number of benzene rings is 2. The molecule has 21 heavy (non-hydrogen) atoms. The molecule has 2 aromatic carbocycles. The summed E-state index contributed by atoms with van der Waals surface area (Å²) >= 11 is 0. The highest BCUT2D eigenvalue weighted by atomic mass is 16.2. The van der Waals surface area contributed by atoms with E-state index in [1.54, 1.807) is 11.1 Å². The Bertz CT molecular complexity index is 693. The number of para-hydroxylation sites is 2. The number of hydrogen-bond donors (Lipinski definition) is 1. The Labute approximate surface area is 123 Å². The van der Waals surface area contributed by atoms with Crippen molar-refractivity contribution >= 4 is 17.3 Å². The third-order valence-electron chi connectivity index (χ3n) is 3.31. The Balaban J connectivity index is 2.07. The molecule has 0 fully saturated rings. The van der Waals surface area contributed by atoms with Crippen molar-refractivity contribution in [2.75, 3.05) is 4.90 Å². The van der Waals surface area contributed by atoms with E-state index in [-0.39, 0.29) is 5.91 Å². The van der Waals surface area contributed by atoms with Crippen LogP contribution in [0.3, 0.4) is 0 Å². The minimum atomic E-state index is -0.0447. The molecule has 1 N–H and O–H groups in total. The standard InChI is InChI=1S/C18H16N2O/c1-14-12-15(13-19-14)18(21)20(16-8-4-2-5-9-16)17-10-6-3-7-11-17/h2-13,19H,1H3. The van der Waals surface area contributed by atoms with Crippen LogP contribution >= 0.6 is 0 Å². The first-order chi connectivity index (χ1) is 10.3. The molecule has 1 heterocycles. The number of nitrogens with one attached hydrogen (secondary N) is 1. The third kappa shape index (κ3) is 2.72. The predicted octanol–water partition coefficient (Wildman–Crippen LogP) is 4.30. The van der Waals surface area contributed by atoms with Gasteiger partial charge < -0.3 is 4.98 Å². The lowest BCUT2D eigenvalue weighted by Crippen LogP contribution is -2.25. The molecule has 1 aromatic heterocycles. The van der Waals surface area contributed by atoms with Gasteiger partial charge in [-0.1, -0.05) is 36.4 Å². The number of aromatic nitrogens is 1. The molecule has 3 rings (SSSR count). The van der Waals surface area contributed by atoms with E-state index >= 15 is 0 Å². The van der Waals surface area contributed by atoms with Crippen LogP contribution in [-0.4, -0.2) is 10.9 Å². The monoisotopic (exact) mass is 276 g/mol. The number of anilines is 2. The number of carbonyl (C=O) groups excluding carboxylic acids is 1. The van der Waals surface area contributed by atoms with E-state index in [0.29, 0.717) is 5.56 Å². The van der Waals surface area contributed by atoms with Crippen molar-refractivity contribution in [1.82, 2.24) is 4.98 Å². The first kappa shape index (κ1) is 13.2. The minimum Gasteiger partial charge on any atom is -0.364 e. The predicted molar refractivity (Wildman–Crippen MR) is 84.9 cm³/mol. The Morgan fingerprint density at radius 1 is 0.905 bits per heavy atom. The highest BCUT2D eigenvalue weighted by Gasteiger charge is 2.20. The number of H-pyrrole nitrogens is 1. The first-order valence-corrected chi connectivity index (χ1v) is 6.85. The Morgan fingerprint density at radius 2 is 1.43 bits per heavy atom. The van der Waals surface area contributed by atoms with Crippen LogP contribution in [0.2, 0.25) is 0 Å². The van der Waals surface area contributed by atoms with Gasteiger partial charge in [0, 0.05) is 23.3 Å². The van der Waals surface area contributed by atoms with Crippen molar-refractivity contribution in [3.05, 3.63) is 84.2 Å². The molecule has 104 valence electrons. The van der Waals surface area contributed by atoms with Gasteiger partial charge in [0.15, 0.2) is 0 Å². The fraction of sp³-hybridized carbons (Fsp3) is 0.0556. The SMILES string of the molecule is Cc1cc(C(=O)N(c2ccccc2)c2ccccc2)c[nH]1. The molecule has 0 atom stereocenters. The van der Waals surface area contributed by atoms with Crippen LogP contribution < -0.4 is 4.90 Å². The lowest BCUT2D eigenvalue weighted by atomic mass is 10.2. The van der Waals surface area contributed by atoms with E-state index < -0.39 is 0 Å². The summed E-state index contributed by atoms with van der Waals surface area (Å²) in [4.78, 5) is 17.6. The van der Waals surface area contributed by atoms with Crippen LogP contribution in [0.25, 0.3) is 0 Å². The van der Waals surface area contributed by atoms with Crippen LogP contribution in [0.4, 0.5) is 11.4 Å². The van der Waals surface area contributed by atoms with Crippen LogP contribution in [0.5, 0.6) is 0 Å². The minimum absolute atomic E-state index is 0.0447. The van der Waals surface area contributed by atoms with Crippen molar-refractivity contribution in [2.24, 2.45) is 0 Å². The van der Waals surface area contributed by atoms with Crippen molar-refractivity contribution in [2.45, 2.75) is 6.92 Å². The maximum absolute atomic E-state index is 12.9. The quantitative estimate of drug-likeness (QED) is 0.760. The van der Waals surface area contributed by atoms with Crippen molar-refractivity contribution in [1.29, 1.82) is 0 Å². The molecule has 0 spiro atoms. The summed E-state index contributed by atoms with van der Waals surface area (Å²) in [6.07, 6.45) is 1.75. The summed E-state index contributed by atoms with van der Waals surface area (Å²) < 4.78 is 0. The van der Waals surface area contributed by atoms with Crippen molar-refractivity contribution in [3.63, 3.8) is 0 Å². The largest absolute Gasteiger partial charge is 0.364 e. The van der Waals surface area contributed by atoms with E-state index in [9.17, 15) is 4.79 Å². The molecular formula is C18H16N2O. The molecule has 0 aliphatic rings. The van der Waals surface area contributed by atoms with E-state index in [2.05, 4.69) is 4.98 Å².